The number of benzene rings is 1. The van der Waals surface area contributed by atoms with E-state index in [1.54, 1.807) is 32.2 Å². The zero-order valence-electron chi connectivity index (χ0n) is 12.0. The number of nitrogens with zero attached hydrogens (tertiary/aromatic N) is 2. The van der Waals surface area contributed by atoms with Gasteiger partial charge in [0.1, 0.15) is 17.5 Å². The average molecular weight is 304 g/mol. The lowest BCUT2D eigenvalue weighted by molar-refractivity contribution is 0.102. The Bertz CT molecular complexity index is 759. The molecule has 22 heavy (non-hydrogen) atoms. The molecule has 0 aliphatic heterocycles. The van der Waals surface area contributed by atoms with Crippen LogP contribution in [-0.2, 0) is 0 Å². The van der Waals surface area contributed by atoms with E-state index in [0.717, 1.165) is 6.07 Å². The van der Waals surface area contributed by atoms with Crippen LogP contribution >= 0.6 is 0 Å². The van der Waals surface area contributed by atoms with Gasteiger partial charge in [-0.15, -0.1) is 0 Å². The van der Waals surface area contributed by atoms with Crippen LogP contribution in [0.15, 0.2) is 35.3 Å². The van der Waals surface area contributed by atoms with E-state index in [1.807, 2.05) is 0 Å². The highest BCUT2D eigenvalue weighted by molar-refractivity contribution is 6.05. The predicted octanol–water partition coefficient (Wildman–Crippen LogP) is 2.63. The molecule has 0 bridgehead atoms. The molecule has 0 saturated heterocycles. The number of amides is 1. The molecule has 7 heteroatoms. The Morgan fingerprint density at radius 2 is 2.00 bits per heavy atom. The number of hydrogen-bond donors (Lipinski definition) is 2. The van der Waals surface area contributed by atoms with E-state index >= 15 is 0 Å². The molecule has 0 atom stereocenters. The van der Waals surface area contributed by atoms with E-state index in [-0.39, 0.29) is 17.1 Å². The highest BCUT2D eigenvalue weighted by Gasteiger charge is 2.15. The van der Waals surface area contributed by atoms with E-state index in [4.69, 9.17) is 5.73 Å². The first-order chi connectivity index (χ1) is 10.4. The molecule has 2 aromatic rings. The van der Waals surface area contributed by atoms with Gasteiger partial charge in [-0.1, -0.05) is 6.07 Å². The van der Waals surface area contributed by atoms with Crippen molar-refractivity contribution in [2.24, 2.45) is 4.99 Å². The monoisotopic (exact) mass is 304 g/mol. The summed E-state index contributed by atoms with van der Waals surface area (Å²) >= 11 is 0. The normalized spacial score (nSPS) is 11.4. The van der Waals surface area contributed by atoms with Crippen molar-refractivity contribution >= 4 is 23.1 Å². The summed E-state index contributed by atoms with van der Waals surface area (Å²) in [5.41, 5.74) is 5.96. The Balaban J connectivity index is 2.28. The second kappa shape index (κ2) is 6.30. The maximum atomic E-state index is 13.6. The van der Waals surface area contributed by atoms with Crippen LogP contribution in [0.3, 0.4) is 0 Å². The largest absolute Gasteiger partial charge is 0.396 e. The summed E-state index contributed by atoms with van der Waals surface area (Å²) < 4.78 is 26.8. The van der Waals surface area contributed by atoms with Crippen molar-refractivity contribution in [2.45, 2.75) is 6.92 Å². The van der Waals surface area contributed by atoms with Crippen LogP contribution in [-0.4, -0.2) is 23.7 Å². The number of aliphatic imine (C=N–C) groups is 1. The summed E-state index contributed by atoms with van der Waals surface area (Å²) in [7, 11) is 1.62. The van der Waals surface area contributed by atoms with Crippen molar-refractivity contribution in [1.29, 1.82) is 0 Å². The molecular formula is C15H14F2N4O. The minimum Gasteiger partial charge on any atom is -0.396 e. The summed E-state index contributed by atoms with van der Waals surface area (Å²) in [5.74, 6) is -2.44. The van der Waals surface area contributed by atoms with Crippen LogP contribution in [0.1, 0.15) is 23.0 Å². The summed E-state index contributed by atoms with van der Waals surface area (Å²) in [6, 6.07) is 6.48. The van der Waals surface area contributed by atoms with Gasteiger partial charge < -0.3 is 11.1 Å². The molecule has 0 aliphatic rings. The fourth-order valence-corrected chi connectivity index (χ4v) is 1.74. The number of nitrogen functional groups attached to an aromatic ring is 1. The van der Waals surface area contributed by atoms with Crippen LogP contribution < -0.4 is 11.1 Å². The second-order valence-corrected chi connectivity index (χ2v) is 4.52. The van der Waals surface area contributed by atoms with Crippen LogP contribution in [0.4, 0.5) is 20.3 Å². The highest BCUT2D eigenvalue weighted by atomic mass is 19.1. The number of pyridine rings is 1. The Kier molecular flexibility index (Phi) is 4.45. The molecule has 1 aromatic heterocycles. The number of carbonyl (C=O) groups excluding carboxylic acids is 1. The minimum atomic E-state index is -0.994. The van der Waals surface area contributed by atoms with Gasteiger partial charge in [-0.3, -0.25) is 9.79 Å². The van der Waals surface area contributed by atoms with E-state index in [0.29, 0.717) is 17.5 Å². The number of aromatic nitrogens is 1. The van der Waals surface area contributed by atoms with Gasteiger partial charge in [-0.25, -0.2) is 13.8 Å². The summed E-state index contributed by atoms with van der Waals surface area (Å²) in [6.07, 6.45) is 0. The van der Waals surface area contributed by atoms with Crippen molar-refractivity contribution in [2.75, 3.05) is 18.1 Å². The van der Waals surface area contributed by atoms with Gasteiger partial charge in [0.05, 0.1) is 22.7 Å². The zero-order valence-corrected chi connectivity index (χ0v) is 12.0. The molecule has 1 heterocycles. The summed E-state index contributed by atoms with van der Waals surface area (Å²) in [4.78, 5) is 20.2. The topological polar surface area (TPSA) is 80.4 Å². The lowest BCUT2D eigenvalue weighted by Crippen LogP contribution is -2.16. The first-order valence-corrected chi connectivity index (χ1v) is 6.39. The molecule has 0 spiro atoms. The molecule has 3 N–H and O–H groups in total. The quantitative estimate of drug-likeness (QED) is 0.675. The molecule has 0 fully saturated rings. The van der Waals surface area contributed by atoms with Crippen molar-refractivity contribution in [3.63, 3.8) is 0 Å². The van der Waals surface area contributed by atoms with Crippen molar-refractivity contribution in [3.8, 4) is 0 Å². The number of anilines is 2. The second-order valence-electron chi connectivity index (χ2n) is 4.52. The average Bonchev–Trinajstić information content (AvgIpc) is 2.50. The lowest BCUT2D eigenvalue weighted by atomic mass is 10.1. The number of carbonyl (C=O) groups is 1. The first-order valence-electron chi connectivity index (χ1n) is 6.39. The third-order valence-electron chi connectivity index (χ3n) is 3.03. The lowest BCUT2D eigenvalue weighted by Gasteiger charge is -2.08. The van der Waals surface area contributed by atoms with Gasteiger partial charge >= 0.3 is 0 Å². The van der Waals surface area contributed by atoms with Gasteiger partial charge in [0.25, 0.3) is 5.91 Å². The SMILES string of the molecule is CN=C(C)c1cccc(NC(=O)c2cc(N)c(F)cc2F)n1. The van der Waals surface area contributed by atoms with E-state index in [1.165, 1.54) is 0 Å². The van der Waals surface area contributed by atoms with Crippen LogP contribution in [0, 0.1) is 11.6 Å². The maximum absolute atomic E-state index is 13.6. The Hall–Kier alpha value is -2.83. The van der Waals surface area contributed by atoms with Gasteiger partial charge in [0.15, 0.2) is 0 Å². The molecule has 1 amide bonds. The third-order valence-corrected chi connectivity index (χ3v) is 3.03. The molecule has 1 aromatic carbocycles. The highest BCUT2D eigenvalue weighted by Crippen LogP contribution is 2.18. The number of nitrogens with one attached hydrogen (secondary N) is 1. The number of rotatable bonds is 3. The first kappa shape index (κ1) is 15.6. The van der Waals surface area contributed by atoms with Gasteiger partial charge in [0, 0.05) is 13.1 Å². The third kappa shape index (κ3) is 3.25. The van der Waals surface area contributed by atoms with Crippen LogP contribution in [0.25, 0.3) is 0 Å². The van der Waals surface area contributed by atoms with E-state index in [9.17, 15) is 13.6 Å². The standard InChI is InChI=1S/C15H14F2N4O/c1-8(19-2)13-4-3-5-14(20-13)21-15(22)9-6-12(18)11(17)7-10(9)16/h3-7H,18H2,1-2H3,(H,20,21,22). The van der Waals surface area contributed by atoms with Crippen LogP contribution in [0.2, 0.25) is 0 Å². The zero-order chi connectivity index (χ0) is 16.3. The molecule has 2 rings (SSSR count). The smallest absolute Gasteiger partial charge is 0.259 e. The summed E-state index contributed by atoms with van der Waals surface area (Å²) in [5, 5.41) is 2.44. The molecule has 0 aliphatic carbocycles. The summed E-state index contributed by atoms with van der Waals surface area (Å²) in [6.45, 7) is 1.77. The molecule has 114 valence electrons. The Morgan fingerprint density at radius 3 is 2.68 bits per heavy atom. The van der Waals surface area contributed by atoms with Crippen molar-refractivity contribution in [1.82, 2.24) is 4.98 Å². The fraction of sp³-hybridized carbons (Fsp3) is 0.133. The van der Waals surface area contributed by atoms with Crippen molar-refractivity contribution in [3.05, 3.63) is 53.2 Å². The predicted molar refractivity (Wildman–Crippen MR) is 81.1 cm³/mol. The number of halogens is 2. The Labute approximate surface area is 125 Å². The molecule has 0 unspecified atom stereocenters. The molecule has 0 saturated carbocycles. The molecule has 0 radical (unpaired) electrons. The molecule has 5 nitrogen and oxygen atoms in total. The maximum Gasteiger partial charge on any atom is 0.259 e. The van der Waals surface area contributed by atoms with Gasteiger partial charge in [-0.2, -0.15) is 0 Å². The van der Waals surface area contributed by atoms with Crippen molar-refractivity contribution < 1.29 is 13.6 Å². The van der Waals surface area contributed by atoms with Gasteiger partial charge in [0.2, 0.25) is 0 Å². The minimum absolute atomic E-state index is 0.229. The molecular weight excluding hydrogens is 290 g/mol. The Morgan fingerprint density at radius 1 is 1.27 bits per heavy atom. The van der Waals surface area contributed by atoms with Gasteiger partial charge in [-0.05, 0) is 25.1 Å². The fourth-order valence-electron chi connectivity index (χ4n) is 1.74. The van der Waals surface area contributed by atoms with E-state index in [2.05, 4.69) is 15.3 Å². The number of hydrogen-bond acceptors (Lipinski definition) is 4. The number of nitrogens with two attached hydrogens (primary N) is 1. The van der Waals surface area contributed by atoms with E-state index < -0.39 is 17.5 Å². The van der Waals surface area contributed by atoms with Crippen LogP contribution in [0.5, 0.6) is 0 Å².